The van der Waals surface area contributed by atoms with Gasteiger partial charge in [0.05, 0.1) is 11.4 Å². The molecule has 1 saturated heterocycles. The number of barbiturate groups is 1. The van der Waals surface area contributed by atoms with Crippen molar-refractivity contribution in [2.24, 2.45) is 0 Å². The van der Waals surface area contributed by atoms with Crippen LogP contribution in [0.1, 0.15) is 11.1 Å². The van der Waals surface area contributed by atoms with E-state index in [0.29, 0.717) is 32.1 Å². The van der Waals surface area contributed by atoms with E-state index >= 15 is 0 Å². The molecule has 10 heteroatoms. The summed E-state index contributed by atoms with van der Waals surface area (Å²) in [5, 5.41) is 3.25. The van der Waals surface area contributed by atoms with Crippen LogP contribution < -0.4 is 19.9 Å². The first-order chi connectivity index (χ1) is 20.2. The molecule has 1 N–H and O–H groups in total. The highest BCUT2D eigenvalue weighted by Gasteiger charge is 2.43. The first-order valence-electron chi connectivity index (χ1n) is 12.8. The summed E-state index contributed by atoms with van der Waals surface area (Å²) in [5.74, 6) is -1.76. The number of nitrogens with zero attached hydrogens (tertiary/aromatic N) is 2. The van der Waals surface area contributed by atoms with Gasteiger partial charge >= 0.3 is 6.03 Å². The lowest BCUT2D eigenvalue weighted by Crippen LogP contribution is -2.57. The van der Waals surface area contributed by atoms with Gasteiger partial charge in [-0.2, -0.15) is 0 Å². The maximum Gasteiger partial charge on any atom is 0.343 e. The van der Waals surface area contributed by atoms with Crippen molar-refractivity contribution in [3.8, 4) is 5.75 Å². The summed E-state index contributed by atoms with van der Waals surface area (Å²) in [7, 11) is 0. The van der Waals surface area contributed by atoms with Crippen molar-refractivity contribution in [1.82, 2.24) is 0 Å². The standard InChI is InChI=1S/C32H23BrClN3O5/c1-20-12-14-23(18-27(20)34)35-29(38)19-42-28-15-13-22(33)16-21(28)17-26-30(39)36(24-8-4-2-5-9-24)32(41)37(31(26)40)25-10-6-3-7-11-25/h2-18H,19H2,1H3,(H,35,38). The zero-order chi connectivity index (χ0) is 29.8. The van der Waals surface area contributed by atoms with E-state index in [-0.39, 0.29) is 17.9 Å². The van der Waals surface area contributed by atoms with Crippen molar-refractivity contribution in [3.05, 3.63) is 123 Å². The number of rotatable bonds is 7. The average molecular weight is 645 g/mol. The Morgan fingerprint density at radius 3 is 2.02 bits per heavy atom. The fourth-order valence-electron chi connectivity index (χ4n) is 4.27. The third kappa shape index (κ3) is 6.12. The Balaban J connectivity index is 1.48. The molecule has 210 valence electrons. The quantitative estimate of drug-likeness (QED) is 0.173. The van der Waals surface area contributed by atoms with Crippen LogP contribution in [0.25, 0.3) is 6.08 Å². The van der Waals surface area contributed by atoms with Crippen LogP contribution in [-0.4, -0.2) is 30.4 Å². The fourth-order valence-corrected chi connectivity index (χ4v) is 4.83. The number of ether oxygens (including phenoxy) is 1. The smallest absolute Gasteiger partial charge is 0.343 e. The molecule has 1 aliphatic heterocycles. The highest BCUT2D eigenvalue weighted by atomic mass is 79.9. The van der Waals surface area contributed by atoms with Crippen molar-refractivity contribution in [3.63, 3.8) is 0 Å². The molecule has 0 spiro atoms. The average Bonchev–Trinajstić information content (AvgIpc) is 2.98. The molecule has 1 aliphatic rings. The molecule has 0 radical (unpaired) electrons. The van der Waals surface area contributed by atoms with Gasteiger partial charge in [0, 0.05) is 20.7 Å². The SMILES string of the molecule is Cc1ccc(NC(=O)COc2ccc(Br)cc2C=C2C(=O)N(c3ccccc3)C(=O)N(c3ccccc3)C2=O)cc1Cl. The maximum absolute atomic E-state index is 13.7. The lowest BCUT2D eigenvalue weighted by Gasteiger charge is -2.34. The molecular weight excluding hydrogens is 622 g/mol. The Morgan fingerprint density at radius 2 is 1.45 bits per heavy atom. The van der Waals surface area contributed by atoms with E-state index in [0.717, 1.165) is 15.4 Å². The first kappa shape index (κ1) is 28.8. The van der Waals surface area contributed by atoms with Crippen molar-refractivity contribution in [2.45, 2.75) is 6.92 Å². The molecule has 0 aromatic heterocycles. The van der Waals surface area contributed by atoms with Crippen molar-refractivity contribution < 1.29 is 23.9 Å². The second-order valence-electron chi connectivity index (χ2n) is 9.28. The minimum absolute atomic E-state index is 0.248. The summed E-state index contributed by atoms with van der Waals surface area (Å²) in [4.78, 5) is 55.5. The van der Waals surface area contributed by atoms with Gasteiger partial charge in [-0.1, -0.05) is 70.0 Å². The van der Waals surface area contributed by atoms with E-state index in [9.17, 15) is 19.2 Å². The number of nitrogens with one attached hydrogen (secondary N) is 1. The predicted molar refractivity (Wildman–Crippen MR) is 166 cm³/mol. The number of halogens is 2. The number of hydrogen-bond acceptors (Lipinski definition) is 5. The van der Waals surface area contributed by atoms with E-state index < -0.39 is 23.8 Å². The Hall–Kier alpha value is -4.73. The number of para-hydroxylation sites is 2. The van der Waals surface area contributed by atoms with E-state index in [4.69, 9.17) is 16.3 Å². The van der Waals surface area contributed by atoms with Crippen LogP contribution in [0.5, 0.6) is 5.75 Å². The maximum atomic E-state index is 13.7. The van der Waals surface area contributed by atoms with Gasteiger partial charge in [0.15, 0.2) is 6.61 Å². The molecule has 5 rings (SSSR count). The number of imide groups is 2. The Bertz CT molecular complexity index is 1660. The number of benzene rings is 4. The summed E-state index contributed by atoms with van der Waals surface area (Å²) >= 11 is 9.57. The minimum Gasteiger partial charge on any atom is -0.483 e. The lowest BCUT2D eigenvalue weighted by molar-refractivity contribution is -0.121. The predicted octanol–water partition coefficient (Wildman–Crippen LogP) is 7.01. The molecule has 0 atom stereocenters. The van der Waals surface area contributed by atoms with Crippen molar-refractivity contribution in [2.75, 3.05) is 21.7 Å². The molecule has 1 heterocycles. The molecule has 4 aromatic carbocycles. The van der Waals surface area contributed by atoms with Crippen molar-refractivity contribution >= 4 is 74.4 Å². The number of amides is 5. The Kier molecular flexibility index (Phi) is 8.51. The molecule has 8 nitrogen and oxygen atoms in total. The van der Waals surface area contributed by atoms with Crippen LogP contribution in [0, 0.1) is 6.92 Å². The van der Waals surface area contributed by atoms with Gasteiger partial charge in [0.2, 0.25) is 0 Å². The summed E-state index contributed by atoms with van der Waals surface area (Å²) < 4.78 is 6.45. The second-order valence-corrected chi connectivity index (χ2v) is 10.6. The van der Waals surface area contributed by atoms with Crippen LogP contribution in [0.15, 0.2) is 107 Å². The molecule has 4 aromatic rings. The fraction of sp³-hybridized carbons (Fsp3) is 0.0625. The summed E-state index contributed by atoms with van der Waals surface area (Å²) in [6.07, 6.45) is 1.36. The van der Waals surface area contributed by atoms with Gasteiger partial charge in [0.25, 0.3) is 17.7 Å². The van der Waals surface area contributed by atoms with Crippen LogP contribution in [0.3, 0.4) is 0 Å². The third-order valence-electron chi connectivity index (χ3n) is 6.36. The van der Waals surface area contributed by atoms with Crippen molar-refractivity contribution in [1.29, 1.82) is 0 Å². The highest BCUT2D eigenvalue weighted by molar-refractivity contribution is 9.10. The van der Waals surface area contributed by atoms with Crippen LogP contribution in [-0.2, 0) is 14.4 Å². The molecule has 0 unspecified atom stereocenters. The second kappa shape index (κ2) is 12.4. The molecule has 0 bridgehead atoms. The van der Waals surface area contributed by atoms with Gasteiger partial charge < -0.3 is 10.1 Å². The van der Waals surface area contributed by atoms with Gasteiger partial charge in [-0.05, 0) is 73.2 Å². The van der Waals surface area contributed by atoms with Crippen LogP contribution in [0.4, 0.5) is 21.9 Å². The largest absolute Gasteiger partial charge is 0.483 e. The minimum atomic E-state index is -0.793. The van der Waals surface area contributed by atoms with Crippen LogP contribution >= 0.6 is 27.5 Å². The van der Waals surface area contributed by atoms with E-state index in [1.54, 1.807) is 97.1 Å². The molecular formula is C32H23BrClN3O5. The van der Waals surface area contributed by atoms with E-state index in [2.05, 4.69) is 21.2 Å². The number of aryl methyl sites for hydroxylation is 1. The van der Waals surface area contributed by atoms with Gasteiger partial charge in [-0.15, -0.1) is 0 Å². The van der Waals surface area contributed by atoms with Gasteiger partial charge in [-0.3, -0.25) is 14.4 Å². The van der Waals surface area contributed by atoms with Crippen LogP contribution in [0.2, 0.25) is 5.02 Å². The monoisotopic (exact) mass is 643 g/mol. The molecule has 42 heavy (non-hydrogen) atoms. The van der Waals surface area contributed by atoms with Gasteiger partial charge in [-0.25, -0.2) is 14.6 Å². The number of urea groups is 1. The first-order valence-corrected chi connectivity index (χ1v) is 13.9. The number of carbonyl (C=O) groups excluding carboxylic acids is 4. The molecule has 0 saturated carbocycles. The summed E-state index contributed by atoms with van der Waals surface area (Å²) in [6, 6.07) is 26.1. The molecule has 1 fully saturated rings. The Labute approximate surface area is 255 Å². The zero-order valence-corrected chi connectivity index (χ0v) is 24.6. The van der Waals surface area contributed by atoms with Gasteiger partial charge in [0.1, 0.15) is 11.3 Å². The number of carbonyl (C=O) groups is 4. The van der Waals surface area contributed by atoms with E-state index in [1.165, 1.54) is 6.08 Å². The highest BCUT2D eigenvalue weighted by Crippen LogP contribution is 2.32. The normalized spacial score (nSPS) is 13.3. The number of anilines is 3. The summed E-state index contributed by atoms with van der Waals surface area (Å²) in [5.41, 5.74) is 2.11. The topological polar surface area (TPSA) is 96.0 Å². The van der Waals surface area contributed by atoms with E-state index in [1.807, 2.05) is 6.92 Å². The number of hydrogen-bond donors (Lipinski definition) is 1. The summed E-state index contributed by atoms with van der Waals surface area (Å²) in [6.45, 7) is 1.51. The Morgan fingerprint density at radius 1 is 0.857 bits per heavy atom. The zero-order valence-electron chi connectivity index (χ0n) is 22.2. The molecule has 5 amide bonds. The molecule has 0 aliphatic carbocycles. The third-order valence-corrected chi connectivity index (χ3v) is 7.26. The lowest BCUT2D eigenvalue weighted by atomic mass is 10.0.